The number of benzene rings is 2. The molecule has 0 saturated heterocycles. The van der Waals surface area contributed by atoms with Crippen molar-refractivity contribution in [1.82, 2.24) is 15.2 Å². The van der Waals surface area contributed by atoms with Crippen LogP contribution in [0.4, 0.5) is 4.39 Å². The molecular formula is C25H22FN3O4. The maximum atomic E-state index is 14.4. The van der Waals surface area contributed by atoms with Gasteiger partial charge in [0.15, 0.2) is 11.6 Å². The highest BCUT2D eigenvalue weighted by Crippen LogP contribution is 2.26. The van der Waals surface area contributed by atoms with Crippen LogP contribution in [0.2, 0.25) is 0 Å². The summed E-state index contributed by atoms with van der Waals surface area (Å²) in [6, 6.07) is 12.2. The molecular weight excluding hydrogens is 425 g/mol. The van der Waals surface area contributed by atoms with Gasteiger partial charge >= 0.3 is 0 Å². The number of nitrogens with one attached hydrogen (secondary N) is 1. The summed E-state index contributed by atoms with van der Waals surface area (Å²) < 4.78 is 19.9. The van der Waals surface area contributed by atoms with Crippen molar-refractivity contribution >= 4 is 17.7 Å². The topological polar surface area (TPSA) is 88.6 Å². The quantitative estimate of drug-likeness (QED) is 0.519. The van der Waals surface area contributed by atoms with E-state index in [-0.39, 0.29) is 35.2 Å². The Morgan fingerprint density at radius 1 is 1.09 bits per heavy atom. The normalized spacial score (nSPS) is 12.6. The van der Waals surface area contributed by atoms with E-state index in [2.05, 4.69) is 10.3 Å². The van der Waals surface area contributed by atoms with E-state index in [1.807, 2.05) is 6.92 Å². The number of pyridine rings is 1. The van der Waals surface area contributed by atoms with Gasteiger partial charge in [0, 0.05) is 24.8 Å². The number of rotatable bonds is 8. The molecule has 2 heterocycles. The van der Waals surface area contributed by atoms with Crippen molar-refractivity contribution in [2.45, 2.75) is 26.3 Å². The average molecular weight is 447 g/mol. The summed E-state index contributed by atoms with van der Waals surface area (Å²) in [5.41, 5.74) is 1.33. The molecule has 3 aromatic rings. The van der Waals surface area contributed by atoms with Gasteiger partial charge in [0.05, 0.1) is 17.3 Å². The first kappa shape index (κ1) is 22.1. The van der Waals surface area contributed by atoms with Gasteiger partial charge < -0.3 is 10.1 Å². The van der Waals surface area contributed by atoms with Crippen molar-refractivity contribution < 1.29 is 23.5 Å². The molecule has 2 aromatic carbocycles. The van der Waals surface area contributed by atoms with Crippen LogP contribution in [0, 0.1) is 5.82 Å². The molecule has 0 unspecified atom stereocenters. The van der Waals surface area contributed by atoms with Crippen LogP contribution < -0.4 is 10.1 Å². The van der Waals surface area contributed by atoms with Gasteiger partial charge in [-0.3, -0.25) is 24.3 Å². The largest absolute Gasteiger partial charge is 0.453 e. The van der Waals surface area contributed by atoms with Gasteiger partial charge in [-0.05, 0) is 54.4 Å². The van der Waals surface area contributed by atoms with Crippen molar-refractivity contribution in [3.05, 3.63) is 89.0 Å². The molecule has 1 aliphatic heterocycles. The third-order valence-electron chi connectivity index (χ3n) is 5.28. The Bertz CT molecular complexity index is 1210. The minimum Gasteiger partial charge on any atom is -0.453 e. The Morgan fingerprint density at radius 2 is 1.91 bits per heavy atom. The molecule has 1 N–H and O–H groups in total. The number of aromatic nitrogens is 1. The number of ether oxygens (including phenoxy) is 1. The lowest BCUT2D eigenvalue weighted by molar-refractivity contribution is 0.0652. The predicted molar refractivity (Wildman–Crippen MR) is 119 cm³/mol. The highest BCUT2D eigenvalue weighted by atomic mass is 19.1. The van der Waals surface area contributed by atoms with Gasteiger partial charge in [0.2, 0.25) is 0 Å². The van der Waals surface area contributed by atoms with Gasteiger partial charge in [-0.2, -0.15) is 0 Å². The van der Waals surface area contributed by atoms with Gasteiger partial charge in [-0.25, -0.2) is 4.39 Å². The van der Waals surface area contributed by atoms with Crippen LogP contribution in [0.25, 0.3) is 0 Å². The lowest BCUT2D eigenvalue weighted by atomic mass is 10.1. The van der Waals surface area contributed by atoms with Crippen molar-refractivity contribution in [1.29, 1.82) is 0 Å². The number of unbranched alkanes of at least 4 members (excludes halogenated alkanes) is 1. The van der Waals surface area contributed by atoms with Gasteiger partial charge in [-0.15, -0.1) is 0 Å². The Hall–Kier alpha value is -4.07. The van der Waals surface area contributed by atoms with E-state index in [1.54, 1.807) is 24.4 Å². The Balaban J connectivity index is 1.41. The van der Waals surface area contributed by atoms with Crippen molar-refractivity contribution in [3.63, 3.8) is 0 Å². The van der Waals surface area contributed by atoms with Crippen molar-refractivity contribution in [3.8, 4) is 11.5 Å². The SMILES string of the molecule is CCCCN1C(=O)c2ccc(C(=O)NCc3ccc(Oc4cccnc4)c(F)c3)cc2C1=O. The molecule has 0 saturated carbocycles. The summed E-state index contributed by atoms with van der Waals surface area (Å²) in [5, 5.41) is 2.71. The minimum atomic E-state index is -0.570. The van der Waals surface area contributed by atoms with E-state index in [0.717, 1.165) is 12.8 Å². The fourth-order valence-electron chi connectivity index (χ4n) is 3.51. The summed E-state index contributed by atoms with van der Waals surface area (Å²) in [5.74, 6) is -1.26. The maximum absolute atomic E-state index is 14.4. The number of halogens is 1. The van der Waals surface area contributed by atoms with Crippen LogP contribution in [0.5, 0.6) is 11.5 Å². The Labute approximate surface area is 190 Å². The molecule has 33 heavy (non-hydrogen) atoms. The summed E-state index contributed by atoms with van der Waals surface area (Å²) >= 11 is 0. The molecule has 0 spiro atoms. The zero-order valence-electron chi connectivity index (χ0n) is 18.0. The molecule has 7 nitrogen and oxygen atoms in total. The molecule has 3 amide bonds. The van der Waals surface area contributed by atoms with Crippen LogP contribution in [-0.2, 0) is 6.54 Å². The monoisotopic (exact) mass is 447 g/mol. The number of carbonyl (C=O) groups excluding carboxylic acids is 3. The molecule has 0 radical (unpaired) electrons. The van der Waals surface area contributed by atoms with Crippen LogP contribution >= 0.6 is 0 Å². The number of nitrogens with zero attached hydrogens (tertiary/aromatic N) is 2. The highest BCUT2D eigenvalue weighted by molar-refractivity contribution is 6.22. The number of carbonyl (C=O) groups is 3. The Kier molecular flexibility index (Phi) is 6.44. The second kappa shape index (κ2) is 9.60. The van der Waals surface area contributed by atoms with Crippen LogP contribution in [0.1, 0.15) is 56.4 Å². The molecule has 0 aliphatic carbocycles. The second-order valence-electron chi connectivity index (χ2n) is 7.61. The van der Waals surface area contributed by atoms with E-state index < -0.39 is 11.7 Å². The van der Waals surface area contributed by atoms with E-state index in [0.29, 0.717) is 23.4 Å². The van der Waals surface area contributed by atoms with Crippen LogP contribution in [-0.4, -0.2) is 34.2 Å². The lowest BCUT2D eigenvalue weighted by Crippen LogP contribution is -2.30. The molecule has 1 aromatic heterocycles. The van der Waals surface area contributed by atoms with Crippen molar-refractivity contribution in [2.24, 2.45) is 0 Å². The summed E-state index contributed by atoms with van der Waals surface area (Å²) in [4.78, 5) is 42.8. The first-order valence-corrected chi connectivity index (χ1v) is 10.6. The molecule has 8 heteroatoms. The molecule has 0 bridgehead atoms. The number of hydrogen-bond donors (Lipinski definition) is 1. The fourth-order valence-corrected chi connectivity index (χ4v) is 3.51. The van der Waals surface area contributed by atoms with E-state index in [9.17, 15) is 18.8 Å². The van der Waals surface area contributed by atoms with Crippen LogP contribution in [0.3, 0.4) is 0 Å². The second-order valence-corrected chi connectivity index (χ2v) is 7.61. The first-order chi connectivity index (χ1) is 16.0. The van der Waals surface area contributed by atoms with Gasteiger partial charge in [0.1, 0.15) is 5.75 Å². The zero-order chi connectivity index (χ0) is 23.4. The van der Waals surface area contributed by atoms with Crippen molar-refractivity contribution in [2.75, 3.05) is 6.54 Å². The average Bonchev–Trinajstić information content (AvgIpc) is 3.07. The predicted octanol–water partition coefficient (Wildman–Crippen LogP) is 4.34. The van der Waals surface area contributed by atoms with E-state index >= 15 is 0 Å². The molecule has 1 aliphatic rings. The zero-order valence-corrected chi connectivity index (χ0v) is 18.0. The molecule has 168 valence electrons. The number of imide groups is 1. The number of fused-ring (bicyclic) bond motifs is 1. The summed E-state index contributed by atoms with van der Waals surface area (Å²) in [6.45, 7) is 2.42. The van der Waals surface area contributed by atoms with E-state index in [1.165, 1.54) is 41.4 Å². The fraction of sp³-hybridized carbons (Fsp3) is 0.200. The maximum Gasteiger partial charge on any atom is 0.261 e. The summed E-state index contributed by atoms with van der Waals surface area (Å²) in [7, 11) is 0. The number of amides is 3. The first-order valence-electron chi connectivity index (χ1n) is 10.6. The number of hydrogen-bond acceptors (Lipinski definition) is 5. The lowest BCUT2D eigenvalue weighted by Gasteiger charge is -2.12. The molecule has 0 atom stereocenters. The standard InChI is InChI=1S/C25H22FN3O4/c1-2-3-11-29-24(31)19-8-7-17(13-20(19)25(29)32)23(30)28-14-16-6-9-22(21(26)12-16)33-18-5-4-10-27-15-18/h4-10,12-13,15H,2-3,11,14H2,1H3,(H,28,30). The molecule has 4 rings (SSSR count). The summed E-state index contributed by atoms with van der Waals surface area (Å²) in [6.07, 6.45) is 4.65. The van der Waals surface area contributed by atoms with E-state index in [4.69, 9.17) is 4.74 Å². The molecule has 0 fully saturated rings. The Morgan fingerprint density at radius 3 is 2.64 bits per heavy atom. The smallest absolute Gasteiger partial charge is 0.261 e. The highest BCUT2D eigenvalue weighted by Gasteiger charge is 2.35. The van der Waals surface area contributed by atoms with Crippen LogP contribution in [0.15, 0.2) is 60.9 Å². The minimum absolute atomic E-state index is 0.0486. The third-order valence-corrected chi connectivity index (χ3v) is 5.28. The van der Waals surface area contributed by atoms with Gasteiger partial charge in [-0.1, -0.05) is 19.4 Å². The third kappa shape index (κ3) is 4.74. The van der Waals surface area contributed by atoms with Gasteiger partial charge in [0.25, 0.3) is 17.7 Å².